The number of halogens is 3. The number of pyridine rings is 1. The molecule has 0 bridgehead atoms. The van der Waals surface area contributed by atoms with Gasteiger partial charge < -0.3 is 25.2 Å². The van der Waals surface area contributed by atoms with E-state index < -0.39 is 34.9 Å². The lowest BCUT2D eigenvalue weighted by Gasteiger charge is -2.39. The number of fused-ring (bicyclic) bond motifs is 1. The van der Waals surface area contributed by atoms with E-state index >= 15 is 0 Å². The van der Waals surface area contributed by atoms with E-state index in [1.807, 2.05) is 24.0 Å². The number of aryl methyl sites for hydroxylation is 1. The molecule has 1 saturated heterocycles. The van der Waals surface area contributed by atoms with Crippen molar-refractivity contribution in [1.82, 2.24) is 9.88 Å². The first-order valence-electron chi connectivity index (χ1n) is 12.6. The van der Waals surface area contributed by atoms with E-state index in [9.17, 15) is 28.2 Å². The summed E-state index contributed by atoms with van der Waals surface area (Å²) in [6.45, 7) is 3.57. The summed E-state index contributed by atoms with van der Waals surface area (Å²) in [6.07, 6.45) is 2.19. The topological polar surface area (TPSA) is 94.9 Å². The summed E-state index contributed by atoms with van der Waals surface area (Å²) in [5, 5.41) is 24.8. The molecule has 1 aromatic heterocycles. The van der Waals surface area contributed by atoms with Gasteiger partial charge in [0, 0.05) is 36.8 Å². The third-order valence-electron chi connectivity index (χ3n) is 7.55. The van der Waals surface area contributed by atoms with Gasteiger partial charge in [0.05, 0.1) is 29.8 Å². The number of carbonyl (C=O) groups is 1. The summed E-state index contributed by atoms with van der Waals surface area (Å²) < 4.78 is 46.0. The van der Waals surface area contributed by atoms with E-state index in [4.69, 9.17) is 4.74 Å². The smallest absolute Gasteiger partial charge is 0.309 e. The minimum atomic E-state index is -1.26. The number of aliphatic carboxylic acids is 1. The number of aliphatic hydroxyl groups is 1. The number of rotatable bonds is 10. The molecule has 0 amide bonds. The maximum atomic E-state index is 13.8. The lowest BCUT2D eigenvalue weighted by Crippen LogP contribution is -2.45. The Balaban J connectivity index is 1.37. The highest BCUT2D eigenvalue weighted by molar-refractivity contribution is 5.85. The van der Waals surface area contributed by atoms with Crippen LogP contribution >= 0.6 is 0 Å². The summed E-state index contributed by atoms with van der Waals surface area (Å²) in [5.74, 6) is -3.51. The molecule has 38 heavy (non-hydrogen) atoms. The number of carboxylic acid groups (broad SMARTS) is 1. The Hall–Kier alpha value is -3.37. The Bertz CT molecular complexity index is 1310. The molecule has 3 aromatic rings. The van der Waals surface area contributed by atoms with Crippen molar-refractivity contribution in [3.8, 4) is 5.75 Å². The first-order valence-corrected chi connectivity index (χ1v) is 12.6. The first kappa shape index (κ1) is 27.7. The van der Waals surface area contributed by atoms with E-state index in [1.165, 1.54) is 0 Å². The lowest BCUT2D eigenvalue weighted by atomic mass is 9.74. The Labute approximate surface area is 219 Å². The van der Waals surface area contributed by atoms with Gasteiger partial charge >= 0.3 is 5.97 Å². The Morgan fingerprint density at radius 2 is 1.95 bits per heavy atom. The number of aliphatic hydroxyl groups excluding tert-OH is 1. The van der Waals surface area contributed by atoms with Crippen LogP contribution in [-0.4, -0.2) is 59.4 Å². The molecule has 2 heterocycles. The number of piperidine rings is 1. The van der Waals surface area contributed by atoms with Gasteiger partial charge in [0.2, 0.25) is 0 Å². The van der Waals surface area contributed by atoms with Crippen LogP contribution < -0.4 is 10.1 Å². The molecular weight excluding hydrogens is 499 g/mol. The highest BCUT2D eigenvalue weighted by Gasteiger charge is 2.41. The molecule has 1 aliphatic rings. The van der Waals surface area contributed by atoms with Gasteiger partial charge in [-0.1, -0.05) is 0 Å². The van der Waals surface area contributed by atoms with Crippen LogP contribution in [0.2, 0.25) is 0 Å². The molecule has 1 fully saturated rings. The number of hydrogen-bond acceptors (Lipinski definition) is 6. The first-order chi connectivity index (χ1) is 18.1. The van der Waals surface area contributed by atoms with Crippen LogP contribution in [0, 0.1) is 29.8 Å². The number of ether oxygens (including phenoxy) is 1. The molecule has 1 atom stereocenters. The maximum Gasteiger partial charge on any atom is 0.309 e. The van der Waals surface area contributed by atoms with Crippen LogP contribution in [0.1, 0.15) is 42.9 Å². The average molecular weight is 532 g/mol. The summed E-state index contributed by atoms with van der Waals surface area (Å²) in [6, 6.07) is 6.85. The standard InChI is InChI=1S/C28H32F3N3O4/c1-17-16-33-22-4-3-19(38-2)15-20(22)25(17)24(35)5-6-28(27(36)37)7-10-34(11-8-28)12-9-32-23-14-18(29)13-21(30)26(23)31/h3-4,13-16,24,32,35H,5-12H2,1-2H3,(H,36,37). The molecule has 0 radical (unpaired) electrons. The fourth-order valence-electron chi connectivity index (χ4n) is 5.23. The highest BCUT2D eigenvalue weighted by atomic mass is 19.2. The monoisotopic (exact) mass is 531 g/mol. The van der Waals surface area contributed by atoms with Crippen molar-refractivity contribution in [2.24, 2.45) is 5.41 Å². The zero-order valence-corrected chi connectivity index (χ0v) is 21.4. The second-order valence-electron chi connectivity index (χ2n) is 9.90. The second kappa shape index (κ2) is 11.6. The van der Waals surface area contributed by atoms with Crippen LogP contribution in [0.25, 0.3) is 10.9 Å². The number of nitrogens with zero attached hydrogens (tertiary/aromatic N) is 2. The van der Waals surface area contributed by atoms with Gasteiger partial charge in [-0.2, -0.15) is 0 Å². The van der Waals surface area contributed by atoms with Gasteiger partial charge in [0.25, 0.3) is 0 Å². The molecule has 7 nitrogen and oxygen atoms in total. The molecular formula is C28H32F3N3O4. The summed E-state index contributed by atoms with van der Waals surface area (Å²) in [5.41, 5.74) is 1.04. The molecule has 4 rings (SSSR count). The molecule has 1 unspecified atom stereocenters. The third kappa shape index (κ3) is 5.86. The Morgan fingerprint density at radius 1 is 1.21 bits per heavy atom. The summed E-state index contributed by atoms with van der Waals surface area (Å²) >= 11 is 0. The average Bonchev–Trinajstić information content (AvgIpc) is 2.90. The molecule has 204 valence electrons. The number of nitrogens with one attached hydrogen (secondary N) is 1. The molecule has 10 heteroatoms. The van der Waals surface area contributed by atoms with Crippen molar-refractivity contribution >= 4 is 22.6 Å². The predicted octanol–water partition coefficient (Wildman–Crippen LogP) is 5.06. The van der Waals surface area contributed by atoms with Crippen molar-refractivity contribution in [3.05, 3.63) is 65.1 Å². The molecule has 0 spiro atoms. The largest absolute Gasteiger partial charge is 0.497 e. The van der Waals surface area contributed by atoms with Gasteiger partial charge in [0.15, 0.2) is 11.6 Å². The minimum Gasteiger partial charge on any atom is -0.497 e. The number of likely N-dealkylation sites (tertiary alicyclic amines) is 1. The number of aromatic nitrogens is 1. The maximum absolute atomic E-state index is 13.8. The van der Waals surface area contributed by atoms with Gasteiger partial charge in [-0.15, -0.1) is 0 Å². The van der Waals surface area contributed by atoms with E-state index in [1.54, 1.807) is 19.4 Å². The van der Waals surface area contributed by atoms with Gasteiger partial charge in [-0.25, -0.2) is 13.2 Å². The summed E-state index contributed by atoms with van der Waals surface area (Å²) in [7, 11) is 1.57. The van der Waals surface area contributed by atoms with E-state index in [-0.39, 0.29) is 18.7 Å². The SMILES string of the molecule is COc1ccc2ncc(C)c(C(O)CCC3(C(=O)O)CCN(CCNc4cc(F)cc(F)c4F)CC3)c2c1. The van der Waals surface area contributed by atoms with Crippen LogP contribution in [0.3, 0.4) is 0 Å². The lowest BCUT2D eigenvalue weighted by molar-refractivity contribution is -0.153. The zero-order valence-electron chi connectivity index (χ0n) is 21.4. The summed E-state index contributed by atoms with van der Waals surface area (Å²) in [4.78, 5) is 18.8. The predicted molar refractivity (Wildman–Crippen MR) is 138 cm³/mol. The van der Waals surface area contributed by atoms with Gasteiger partial charge in [0.1, 0.15) is 11.6 Å². The number of carboxylic acids is 1. The molecule has 0 saturated carbocycles. The third-order valence-corrected chi connectivity index (χ3v) is 7.55. The van der Waals surface area contributed by atoms with Crippen LogP contribution in [-0.2, 0) is 4.79 Å². The number of anilines is 1. The van der Waals surface area contributed by atoms with Crippen LogP contribution in [0.4, 0.5) is 18.9 Å². The van der Waals surface area contributed by atoms with Gasteiger partial charge in [-0.3, -0.25) is 9.78 Å². The Kier molecular flexibility index (Phi) is 8.42. The highest BCUT2D eigenvalue weighted by Crippen LogP contribution is 2.40. The van der Waals surface area contributed by atoms with Crippen molar-refractivity contribution in [1.29, 1.82) is 0 Å². The van der Waals surface area contributed by atoms with Crippen molar-refractivity contribution in [2.75, 3.05) is 38.6 Å². The number of hydrogen-bond donors (Lipinski definition) is 3. The molecule has 1 aliphatic heterocycles. The van der Waals surface area contributed by atoms with Crippen molar-refractivity contribution in [2.45, 2.75) is 38.7 Å². The van der Waals surface area contributed by atoms with E-state index in [2.05, 4.69) is 10.3 Å². The minimum absolute atomic E-state index is 0.245. The number of benzene rings is 2. The normalized spacial score (nSPS) is 16.4. The molecule has 3 N–H and O–H groups in total. The van der Waals surface area contributed by atoms with E-state index in [0.29, 0.717) is 50.7 Å². The fraction of sp³-hybridized carbons (Fsp3) is 0.429. The fourth-order valence-corrected chi connectivity index (χ4v) is 5.23. The molecule has 0 aliphatic carbocycles. The second-order valence-corrected chi connectivity index (χ2v) is 9.90. The van der Waals surface area contributed by atoms with Crippen LogP contribution in [0.15, 0.2) is 36.5 Å². The van der Waals surface area contributed by atoms with Crippen LogP contribution in [0.5, 0.6) is 5.75 Å². The van der Waals surface area contributed by atoms with Crippen molar-refractivity contribution < 1.29 is 32.9 Å². The van der Waals surface area contributed by atoms with Gasteiger partial charge in [-0.05, 0) is 75.0 Å². The Morgan fingerprint density at radius 3 is 2.63 bits per heavy atom. The molecule has 2 aromatic carbocycles. The zero-order chi connectivity index (χ0) is 27.4. The van der Waals surface area contributed by atoms with Crippen molar-refractivity contribution in [3.63, 3.8) is 0 Å². The quantitative estimate of drug-likeness (QED) is 0.315. The van der Waals surface area contributed by atoms with E-state index in [0.717, 1.165) is 28.1 Å². The number of methoxy groups -OCH3 is 1.